The third kappa shape index (κ3) is 7.90. The summed E-state index contributed by atoms with van der Waals surface area (Å²) in [6.07, 6.45) is 0. The van der Waals surface area contributed by atoms with Gasteiger partial charge in [0.15, 0.2) is 0 Å². The molecule has 0 radical (unpaired) electrons. The van der Waals surface area contributed by atoms with Crippen molar-refractivity contribution in [1.82, 2.24) is 13.7 Å². The van der Waals surface area contributed by atoms with E-state index in [0.29, 0.717) is 30.8 Å². The second kappa shape index (κ2) is 19.1. The van der Waals surface area contributed by atoms with Crippen molar-refractivity contribution in [1.29, 1.82) is 0 Å². The smallest absolute Gasteiger partial charge is 0.344 e. The molecule has 10 aromatic carbocycles. The molecule has 14 aromatic rings. The van der Waals surface area contributed by atoms with Crippen LogP contribution in [0.3, 0.4) is 0 Å². The molecule has 0 aliphatic rings. The number of hydrogen-bond donors (Lipinski definition) is 0. The molecule has 6 nitrogen and oxygen atoms in total. The normalized spacial score (nSPS) is 11.5. The molecule has 0 bridgehead atoms. The summed E-state index contributed by atoms with van der Waals surface area (Å²) in [6.45, 7) is 5.35. The van der Waals surface area contributed by atoms with Crippen LogP contribution in [0.5, 0.6) is 0 Å². The Balaban J connectivity index is 0.852. The van der Waals surface area contributed by atoms with E-state index in [9.17, 15) is 4.79 Å². The van der Waals surface area contributed by atoms with Crippen LogP contribution in [0.15, 0.2) is 240 Å². The van der Waals surface area contributed by atoms with Crippen LogP contribution in [0.1, 0.15) is 19.4 Å². The van der Waals surface area contributed by atoms with Crippen LogP contribution >= 0.6 is 0 Å². The monoisotopic (exact) mass is 1000 g/mol. The Morgan fingerprint density at radius 2 is 0.910 bits per heavy atom. The van der Waals surface area contributed by atoms with Crippen molar-refractivity contribution in [3.05, 3.63) is 247 Å². The van der Waals surface area contributed by atoms with Crippen molar-refractivity contribution < 1.29 is 4.42 Å². The Bertz CT molecular complexity index is 4800. The van der Waals surface area contributed by atoms with Gasteiger partial charge < -0.3 is 23.0 Å². The summed E-state index contributed by atoms with van der Waals surface area (Å²) in [5, 5.41) is 8.18. The van der Waals surface area contributed by atoms with Gasteiger partial charge in [0.25, 0.3) is 0 Å². The van der Waals surface area contributed by atoms with E-state index in [1.807, 2.05) is 50.2 Å². The first-order valence-corrected chi connectivity index (χ1v) is 26.4. The van der Waals surface area contributed by atoms with Crippen molar-refractivity contribution in [3.8, 4) is 68.4 Å². The first-order chi connectivity index (χ1) is 38.5. The van der Waals surface area contributed by atoms with Crippen molar-refractivity contribution in [2.75, 3.05) is 18.0 Å². The van der Waals surface area contributed by atoms with Crippen LogP contribution in [-0.4, -0.2) is 26.8 Å². The maximum Gasteiger partial charge on any atom is 0.344 e. The number of rotatable bonds is 10. The molecule has 6 heteroatoms. The van der Waals surface area contributed by atoms with Crippen molar-refractivity contribution in [2.45, 2.75) is 20.4 Å². The molecule has 0 saturated carbocycles. The van der Waals surface area contributed by atoms with Gasteiger partial charge in [-0.15, -0.1) is 11.8 Å². The highest BCUT2D eigenvalue weighted by molar-refractivity contribution is 6.13. The van der Waals surface area contributed by atoms with Gasteiger partial charge >= 0.3 is 5.63 Å². The molecular formula is C72H50N4O2. The van der Waals surface area contributed by atoms with Gasteiger partial charge in [0.1, 0.15) is 5.58 Å². The zero-order valence-corrected chi connectivity index (χ0v) is 43.2. The van der Waals surface area contributed by atoms with Gasteiger partial charge in [-0.25, -0.2) is 4.79 Å². The standard InChI is InChI=1S/C72H50N4O2/c1-3-5-40-73(41-6-4-2)57-36-30-54-44-62(72(77)78-71(54)46-57)50-26-24-48(25-27-50)47-74-65-38-32-51(49-28-34-56(35-29-49)75-67-21-13-10-18-58(67)59-19-11-14-22-68(59)75)42-63(65)64-43-52(33-39-66(64)74)53-31-37-61-60-20-12-15-23-69(60)76(70(61)45-53)55-16-8-7-9-17-55/h7-39,42-46H,40-41,47H2,1-2H3. The third-order valence-electron chi connectivity index (χ3n) is 15.5. The minimum atomic E-state index is -0.378. The topological polar surface area (TPSA) is 48.2 Å². The molecule has 14 rings (SSSR count). The van der Waals surface area contributed by atoms with Gasteiger partial charge in [0.2, 0.25) is 0 Å². The maximum absolute atomic E-state index is 13.7. The van der Waals surface area contributed by atoms with E-state index in [-0.39, 0.29) is 5.63 Å². The first kappa shape index (κ1) is 46.3. The molecule has 4 heterocycles. The highest BCUT2D eigenvalue weighted by Crippen LogP contribution is 2.40. The van der Waals surface area contributed by atoms with E-state index in [0.717, 1.165) is 66.9 Å². The molecule has 0 fully saturated rings. The summed E-state index contributed by atoms with van der Waals surface area (Å²) >= 11 is 0. The highest BCUT2D eigenvalue weighted by atomic mass is 16.4. The summed E-state index contributed by atoms with van der Waals surface area (Å²) in [5.74, 6) is 12.2. The van der Waals surface area contributed by atoms with E-state index < -0.39 is 0 Å². The fraction of sp³-hybridized carbons (Fsp3) is 0.0694. The van der Waals surface area contributed by atoms with Crippen LogP contribution < -0.4 is 10.5 Å². The largest absolute Gasteiger partial charge is 0.422 e. The summed E-state index contributed by atoms with van der Waals surface area (Å²) < 4.78 is 13.2. The molecule has 4 aromatic heterocycles. The number of hydrogen-bond acceptors (Lipinski definition) is 3. The van der Waals surface area contributed by atoms with E-state index >= 15 is 0 Å². The lowest BCUT2D eigenvalue weighted by Gasteiger charge is -2.20. The van der Waals surface area contributed by atoms with Crippen LogP contribution in [0.2, 0.25) is 0 Å². The van der Waals surface area contributed by atoms with E-state index in [2.05, 4.69) is 236 Å². The van der Waals surface area contributed by atoms with Crippen LogP contribution in [-0.2, 0) is 6.54 Å². The number of aromatic nitrogens is 3. The van der Waals surface area contributed by atoms with Gasteiger partial charge in [-0.1, -0.05) is 145 Å². The summed E-state index contributed by atoms with van der Waals surface area (Å²) in [7, 11) is 0. The SMILES string of the molecule is CC#CCN(CC#CC)c1ccc2cc(-c3ccc(Cn4c5ccc(-c6ccc(-n7c8ccccc8c8ccccc87)cc6)cc5c5cc(-c6ccc7c8ccccc8n(-c8ccccc8)c7c6)ccc54)cc3)c(=O)oc2c1. The number of para-hydroxylation sites is 4. The molecule has 0 aliphatic heterocycles. The van der Waals surface area contributed by atoms with Gasteiger partial charge in [0, 0.05) is 78.4 Å². The minimum absolute atomic E-state index is 0.378. The Labute approximate surface area is 451 Å². The predicted octanol–water partition coefficient (Wildman–Crippen LogP) is 17.0. The molecule has 0 spiro atoms. The van der Waals surface area contributed by atoms with E-state index in [4.69, 9.17) is 4.42 Å². The fourth-order valence-corrected chi connectivity index (χ4v) is 11.7. The molecule has 0 saturated heterocycles. The van der Waals surface area contributed by atoms with Gasteiger partial charge in [0.05, 0.1) is 40.7 Å². The lowest BCUT2D eigenvalue weighted by molar-refractivity contribution is 0.563. The number of fused-ring (bicyclic) bond motifs is 10. The van der Waals surface area contributed by atoms with E-state index in [1.165, 1.54) is 54.4 Å². The Morgan fingerprint density at radius 1 is 0.410 bits per heavy atom. The van der Waals surface area contributed by atoms with Crippen LogP contribution in [0, 0.1) is 23.7 Å². The summed E-state index contributed by atoms with van der Waals surface area (Å²) in [5.41, 5.74) is 17.4. The third-order valence-corrected chi connectivity index (χ3v) is 15.5. The summed E-state index contributed by atoms with van der Waals surface area (Å²) in [4.78, 5) is 15.8. The number of anilines is 1. The second-order valence-electron chi connectivity index (χ2n) is 20.0. The van der Waals surface area contributed by atoms with Crippen LogP contribution in [0.4, 0.5) is 5.69 Å². The van der Waals surface area contributed by atoms with E-state index in [1.54, 1.807) is 0 Å². The molecule has 0 atom stereocenters. The lowest BCUT2D eigenvalue weighted by atomic mass is 9.99. The average Bonchev–Trinajstić information content (AvgIpc) is 4.35. The predicted molar refractivity (Wildman–Crippen MR) is 325 cm³/mol. The van der Waals surface area contributed by atoms with Crippen molar-refractivity contribution in [2.24, 2.45) is 0 Å². The van der Waals surface area contributed by atoms with Crippen LogP contribution in [0.25, 0.3) is 121 Å². The quantitative estimate of drug-likeness (QED) is 0.101. The average molecular weight is 1000 g/mol. The Morgan fingerprint density at radius 3 is 1.53 bits per heavy atom. The molecule has 0 N–H and O–H groups in total. The number of benzene rings is 10. The first-order valence-electron chi connectivity index (χ1n) is 26.4. The minimum Gasteiger partial charge on any atom is -0.422 e. The molecule has 0 amide bonds. The Hall–Kier alpha value is -10.3. The fourth-order valence-electron chi connectivity index (χ4n) is 11.7. The molecule has 0 aliphatic carbocycles. The van der Waals surface area contributed by atoms with Gasteiger partial charge in [-0.3, -0.25) is 0 Å². The van der Waals surface area contributed by atoms with Crippen molar-refractivity contribution >= 4 is 82.1 Å². The molecule has 78 heavy (non-hydrogen) atoms. The molecular weight excluding hydrogens is 953 g/mol. The van der Waals surface area contributed by atoms with Gasteiger partial charge in [-0.2, -0.15) is 0 Å². The highest BCUT2D eigenvalue weighted by Gasteiger charge is 2.19. The van der Waals surface area contributed by atoms with Crippen molar-refractivity contribution in [3.63, 3.8) is 0 Å². The lowest BCUT2D eigenvalue weighted by Crippen LogP contribution is -2.23. The number of nitrogens with zero attached hydrogens (tertiary/aromatic N) is 4. The van der Waals surface area contributed by atoms with Gasteiger partial charge in [-0.05, 0) is 138 Å². The summed E-state index contributed by atoms with van der Waals surface area (Å²) in [6, 6.07) is 82.6. The zero-order valence-electron chi connectivity index (χ0n) is 43.2. The zero-order chi connectivity index (χ0) is 52.3. The second-order valence-corrected chi connectivity index (χ2v) is 20.0. The Kier molecular flexibility index (Phi) is 11.4. The maximum atomic E-state index is 13.7. The molecule has 0 unspecified atom stereocenters. The molecule has 370 valence electrons.